The molecule has 1 amide bonds. The summed E-state index contributed by atoms with van der Waals surface area (Å²) < 4.78 is 56.0. The molecule has 14 heteroatoms. The SMILES string of the molecule is COC(=O)c1cc(NC(=O)c2cnn(-c3ccc(OC)nn3)c2C(F)(F)F)cc(C(=O)OC)c1. The molecule has 0 aliphatic heterocycles. The first kappa shape index (κ1) is 24.2. The Hall–Kier alpha value is -4.49. The number of aromatic nitrogens is 4. The topological polar surface area (TPSA) is 135 Å². The predicted molar refractivity (Wildman–Crippen MR) is 108 cm³/mol. The highest BCUT2D eigenvalue weighted by Crippen LogP contribution is 2.34. The third kappa shape index (κ3) is 4.95. The maximum absolute atomic E-state index is 13.9. The minimum Gasteiger partial charge on any atom is -0.480 e. The minimum absolute atomic E-state index is 0.0642. The molecule has 178 valence electrons. The molecule has 0 unspecified atom stereocenters. The fourth-order valence-corrected chi connectivity index (χ4v) is 2.87. The van der Waals surface area contributed by atoms with Crippen molar-refractivity contribution in [2.75, 3.05) is 26.6 Å². The van der Waals surface area contributed by atoms with Gasteiger partial charge in [-0.05, 0) is 24.3 Å². The molecule has 0 radical (unpaired) electrons. The Bertz CT molecular complexity index is 1210. The normalized spacial score (nSPS) is 11.0. The summed E-state index contributed by atoms with van der Waals surface area (Å²) >= 11 is 0. The van der Waals surface area contributed by atoms with Gasteiger partial charge in [-0.1, -0.05) is 0 Å². The lowest BCUT2D eigenvalue weighted by Crippen LogP contribution is -2.21. The second kappa shape index (κ2) is 9.56. The summed E-state index contributed by atoms with van der Waals surface area (Å²) in [7, 11) is 3.50. The number of benzene rings is 1. The molecule has 34 heavy (non-hydrogen) atoms. The number of halogens is 3. The zero-order chi connectivity index (χ0) is 25.0. The number of amides is 1. The molecule has 2 aromatic heterocycles. The van der Waals surface area contributed by atoms with Gasteiger partial charge in [-0.3, -0.25) is 4.79 Å². The molecule has 2 heterocycles. The third-order valence-corrected chi connectivity index (χ3v) is 4.37. The van der Waals surface area contributed by atoms with Crippen molar-refractivity contribution in [3.63, 3.8) is 0 Å². The maximum Gasteiger partial charge on any atom is 0.434 e. The average molecular weight is 479 g/mol. The molecule has 0 aliphatic carbocycles. The van der Waals surface area contributed by atoms with Gasteiger partial charge in [-0.25, -0.2) is 14.3 Å². The van der Waals surface area contributed by atoms with Gasteiger partial charge in [0.25, 0.3) is 5.91 Å². The van der Waals surface area contributed by atoms with Gasteiger partial charge in [0, 0.05) is 11.8 Å². The molecule has 1 aromatic carbocycles. The van der Waals surface area contributed by atoms with E-state index in [9.17, 15) is 27.6 Å². The smallest absolute Gasteiger partial charge is 0.434 e. The van der Waals surface area contributed by atoms with Crippen LogP contribution in [0.25, 0.3) is 5.82 Å². The standard InChI is InChI=1S/C20H16F3N5O6/c1-32-15-5-4-14(26-27-15)28-16(20(21,22)23)13(9-24-28)17(29)25-12-7-10(18(30)33-2)6-11(8-12)19(31)34-3/h4-9H,1-3H3,(H,25,29). The molecule has 0 fully saturated rings. The number of hydrogen-bond donors (Lipinski definition) is 1. The fourth-order valence-electron chi connectivity index (χ4n) is 2.87. The molecule has 3 aromatic rings. The van der Waals surface area contributed by atoms with Gasteiger partial charge in [-0.2, -0.15) is 18.3 Å². The predicted octanol–water partition coefficient (Wildman–Crippen LogP) is 2.52. The quantitative estimate of drug-likeness (QED) is 0.529. The van der Waals surface area contributed by atoms with E-state index in [1.165, 1.54) is 19.2 Å². The van der Waals surface area contributed by atoms with Crippen molar-refractivity contribution >= 4 is 23.5 Å². The van der Waals surface area contributed by atoms with Crippen LogP contribution in [0, 0.1) is 0 Å². The average Bonchev–Trinajstić information content (AvgIpc) is 3.29. The van der Waals surface area contributed by atoms with Crippen LogP contribution < -0.4 is 10.1 Å². The molecule has 0 saturated heterocycles. The molecule has 0 spiro atoms. The number of carbonyl (C=O) groups is 3. The first-order valence-corrected chi connectivity index (χ1v) is 9.25. The molecule has 3 rings (SSSR count). The van der Waals surface area contributed by atoms with Crippen molar-refractivity contribution in [1.29, 1.82) is 0 Å². The van der Waals surface area contributed by atoms with Crippen LogP contribution >= 0.6 is 0 Å². The van der Waals surface area contributed by atoms with Gasteiger partial charge >= 0.3 is 18.1 Å². The fraction of sp³-hybridized carbons (Fsp3) is 0.200. The Morgan fingerprint density at radius 1 is 0.941 bits per heavy atom. The summed E-state index contributed by atoms with van der Waals surface area (Å²) in [6.45, 7) is 0. The zero-order valence-corrected chi connectivity index (χ0v) is 17.8. The van der Waals surface area contributed by atoms with Crippen molar-refractivity contribution in [3.8, 4) is 11.7 Å². The van der Waals surface area contributed by atoms with E-state index in [4.69, 9.17) is 4.74 Å². The van der Waals surface area contributed by atoms with Crippen molar-refractivity contribution in [1.82, 2.24) is 20.0 Å². The maximum atomic E-state index is 13.9. The summed E-state index contributed by atoms with van der Waals surface area (Å²) in [4.78, 5) is 36.6. The minimum atomic E-state index is -5.00. The van der Waals surface area contributed by atoms with E-state index in [2.05, 4.69) is 30.1 Å². The monoisotopic (exact) mass is 479 g/mol. The van der Waals surface area contributed by atoms with Crippen LogP contribution in [0.3, 0.4) is 0 Å². The first-order valence-electron chi connectivity index (χ1n) is 9.25. The summed E-state index contributed by atoms with van der Waals surface area (Å²) in [6, 6.07) is 5.86. The highest BCUT2D eigenvalue weighted by Gasteiger charge is 2.41. The van der Waals surface area contributed by atoms with Crippen molar-refractivity contribution in [2.45, 2.75) is 6.18 Å². The molecular formula is C20H16F3N5O6. The van der Waals surface area contributed by atoms with Crippen LogP contribution in [0.1, 0.15) is 36.8 Å². The van der Waals surface area contributed by atoms with Crippen LogP contribution in [0.4, 0.5) is 18.9 Å². The summed E-state index contributed by atoms with van der Waals surface area (Å²) in [5.41, 5.74) is -2.68. The second-order valence-corrected chi connectivity index (χ2v) is 6.49. The lowest BCUT2D eigenvalue weighted by Gasteiger charge is -2.13. The number of rotatable bonds is 6. The van der Waals surface area contributed by atoms with Crippen molar-refractivity contribution in [2.24, 2.45) is 0 Å². The largest absolute Gasteiger partial charge is 0.480 e. The zero-order valence-electron chi connectivity index (χ0n) is 17.8. The second-order valence-electron chi connectivity index (χ2n) is 6.49. The highest BCUT2D eigenvalue weighted by atomic mass is 19.4. The molecule has 1 N–H and O–H groups in total. The van der Waals surface area contributed by atoms with Gasteiger partial charge in [0.15, 0.2) is 11.5 Å². The number of ether oxygens (including phenoxy) is 3. The molecule has 0 aliphatic rings. The van der Waals surface area contributed by atoms with Crippen LogP contribution in [-0.4, -0.2) is 59.2 Å². The van der Waals surface area contributed by atoms with Gasteiger partial charge in [0.1, 0.15) is 0 Å². The van der Waals surface area contributed by atoms with E-state index < -0.39 is 35.3 Å². The number of esters is 2. The van der Waals surface area contributed by atoms with E-state index >= 15 is 0 Å². The van der Waals surface area contributed by atoms with E-state index in [0.29, 0.717) is 10.9 Å². The molecule has 0 atom stereocenters. The molecular weight excluding hydrogens is 463 g/mol. The lowest BCUT2D eigenvalue weighted by molar-refractivity contribution is -0.143. The lowest BCUT2D eigenvalue weighted by atomic mass is 10.1. The van der Waals surface area contributed by atoms with E-state index in [1.807, 2.05) is 0 Å². The van der Waals surface area contributed by atoms with Gasteiger partial charge in [0.05, 0.1) is 44.2 Å². The van der Waals surface area contributed by atoms with E-state index in [-0.39, 0.29) is 28.5 Å². The van der Waals surface area contributed by atoms with Gasteiger partial charge in [-0.15, -0.1) is 10.2 Å². The van der Waals surface area contributed by atoms with Crippen LogP contribution in [0.2, 0.25) is 0 Å². The van der Waals surface area contributed by atoms with Crippen molar-refractivity contribution < 1.29 is 41.8 Å². The summed E-state index contributed by atoms with van der Waals surface area (Å²) in [5, 5.41) is 13.1. The Balaban J connectivity index is 2.03. The van der Waals surface area contributed by atoms with Crippen LogP contribution in [-0.2, 0) is 15.7 Å². The van der Waals surface area contributed by atoms with Crippen molar-refractivity contribution in [3.05, 3.63) is 58.9 Å². The Morgan fingerprint density at radius 3 is 2.03 bits per heavy atom. The Kier molecular flexibility index (Phi) is 6.79. The summed E-state index contributed by atoms with van der Waals surface area (Å²) in [5.74, 6) is -3.15. The number of methoxy groups -OCH3 is 3. The van der Waals surface area contributed by atoms with Crippen LogP contribution in [0.5, 0.6) is 5.88 Å². The molecule has 11 nitrogen and oxygen atoms in total. The summed E-state index contributed by atoms with van der Waals surface area (Å²) in [6.07, 6.45) is -4.30. The number of hydrogen-bond acceptors (Lipinski definition) is 9. The molecule has 0 saturated carbocycles. The number of alkyl halides is 3. The number of nitrogens with one attached hydrogen (secondary N) is 1. The number of nitrogens with zero attached hydrogens (tertiary/aromatic N) is 4. The van der Waals surface area contributed by atoms with E-state index in [1.54, 1.807) is 0 Å². The number of carbonyl (C=O) groups excluding carboxylic acids is 3. The Morgan fingerprint density at radius 2 is 1.56 bits per heavy atom. The Labute approximate surface area is 189 Å². The highest BCUT2D eigenvalue weighted by molar-refractivity contribution is 6.06. The van der Waals surface area contributed by atoms with Gasteiger partial charge in [0.2, 0.25) is 5.88 Å². The van der Waals surface area contributed by atoms with Gasteiger partial charge < -0.3 is 19.5 Å². The first-order chi connectivity index (χ1) is 16.1. The third-order valence-electron chi connectivity index (χ3n) is 4.37. The molecule has 0 bridgehead atoms. The number of anilines is 1. The van der Waals surface area contributed by atoms with Crippen LogP contribution in [0.15, 0.2) is 36.5 Å². The van der Waals surface area contributed by atoms with E-state index in [0.717, 1.165) is 32.4 Å².